The van der Waals surface area contributed by atoms with Gasteiger partial charge in [0.15, 0.2) is 0 Å². The number of para-hydroxylation sites is 1. The number of carbonyl (C=O) groups is 2. The highest BCUT2D eigenvalue weighted by Gasteiger charge is 2.22. The molecule has 3 aromatic rings. The van der Waals surface area contributed by atoms with Gasteiger partial charge >= 0.3 is 5.97 Å². The fourth-order valence-corrected chi connectivity index (χ4v) is 3.90. The van der Waals surface area contributed by atoms with Crippen LogP contribution >= 0.6 is 22.9 Å². The monoisotopic (exact) mass is 456 g/mol. The SMILES string of the molecule is CCOC(=O)c1c(-c2ccc(Cl)cc2)csc1NC(=O)/C=C/c1ccccc1[N+](=O)[O-]. The number of benzene rings is 2. The van der Waals surface area contributed by atoms with E-state index in [1.54, 1.807) is 48.7 Å². The van der Waals surface area contributed by atoms with Crippen LogP contribution < -0.4 is 5.32 Å². The second-order valence-electron chi connectivity index (χ2n) is 6.22. The molecule has 0 aliphatic carbocycles. The van der Waals surface area contributed by atoms with E-state index in [0.717, 1.165) is 5.56 Å². The zero-order chi connectivity index (χ0) is 22.4. The molecule has 1 aromatic heterocycles. The number of rotatable bonds is 7. The molecule has 7 nitrogen and oxygen atoms in total. The van der Waals surface area contributed by atoms with Crippen molar-refractivity contribution in [3.8, 4) is 11.1 Å². The van der Waals surface area contributed by atoms with Crippen molar-refractivity contribution in [1.82, 2.24) is 0 Å². The first-order valence-electron chi connectivity index (χ1n) is 9.17. The van der Waals surface area contributed by atoms with Crippen LogP contribution in [0.4, 0.5) is 10.7 Å². The third-order valence-corrected chi connectivity index (χ3v) is 5.36. The summed E-state index contributed by atoms with van der Waals surface area (Å²) >= 11 is 7.12. The third kappa shape index (κ3) is 5.36. The maximum atomic E-state index is 12.6. The number of esters is 1. The highest BCUT2D eigenvalue weighted by Crippen LogP contribution is 2.36. The molecule has 0 saturated heterocycles. The molecule has 0 fully saturated rings. The van der Waals surface area contributed by atoms with E-state index in [4.69, 9.17) is 16.3 Å². The van der Waals surface area contributed by atoms with Crippen LogP contribution in [0, 0.1) is 10.1 Å². The number of ether oxygens (including phenoxy) is 1. The Hall–Kier alpha value is -3.49. The number of carbonyl (C=O) groups excluding carboxylic acids is 2. The molecule has 0 unspecified atom stereocenters. The fourth-order valence-electron chi connectivity index (χ4n) is 2.81. The molecule has 1 heterocycles. The number of hydrogen-bond donors (Lipinski definition) is 1. The summed E-state index contributed by atoms with van der Waals surface area (Å²) < 4.78 is 5.16. The normalized spacial score (nSPS) is 10.8. The summed E-state index contributed by atoms with van der Waals surface area (Å²) in [6.07, 6.45) is 2.53. The molecule has 0 aliphatic heterocycles. The minimum absolute atomic E-state index is 0.111. The van der Waals surface area contributed by atoms with E-state index < -0.39 is 16.8 Å². The second-order valence-corrected chi connectivity index (χ2v) is 7.54. The summed E-state index contributed by atoms with van der Waals surface area (Å²) in [5, 5.41) is 16.4. The van der Waals surface area contributed by atoms with Crippen molar-refractivity contribution in [1.29, 1.82) is 0 Å². The van der Waals surface area contributed by atoms with Crippen LogP contribution in [0.2, 0.25) is 5.02 Å². The predicted molar refractivity (Wildman–Crippen MR) is 121 cm³/mol. The molecule has 158 valence electrons. The Morgan fingerprint density at radius 3 is 2.58 bits per heavy atom. The molecular weight excluding hydrogens is 440 g/mol. The van der Waals surface area contributed by atoms with Crippen molar-refractivity contribution >= 4 is 51.6 Å². The summed E-state index contributed by atoms with van der Waals surface area (Å²) in [4.78, 5) is 35.6. The molecule has 0 aliphatic rings. The smallest absolute Gasteiger partial charge is 0.341 e. The Bertz CT molecular complexity index is 1150. The Morgan fingerprint density at radius 1 is 1.19 bits per heavy atom. The average molecular weight is 457 g/mol. The van der Waals surface area contributed by atoms with Gasteiger partial charge in [0.05, 0.1) is 17.1 Å². The largest absolute Gasteiger partial charge is 0.462 e. The van der Waals surface area contributed by atoms with Crippen molar-refractivity contribution in [2.75, 3.05) is 11.9 Å². The number of nitro benzene ring substituents is 1. The van der Waals surface area contributed by atoms with E-state index in [1.807, 2.05) is 0 Å². The lowest BCUT2D eigenvalue weighted by molar-refractivity contribution is -0.385. The number of anilines is 1. The van der Waals surface area contributed by atoms with E-state index in [9.17, 15) is 19.7 Å². The standard InChI is InChI=1S/C22H17ClN2O5S/c1-2-30-22(27)20-17(14-7-10-16(23)11-8-14)13-31-21(20)24-19(26)12-9-15-5-3-4-6-18(15)25(28)29/h3-13H,2H2,1H3,(H,24,26)/b12-9+. The number of nitrogens with one attached hydrogen (secondary N) is 1. The molecule has 0 saturated carbocycles. The minimum atomic E-state index is -0.563. The first-order valence-corrected chi connectivity index (χ1v) is 10.4. The first kappa shape index (κ1) is 22.2. The van der Waals surface area contributed by atoms with Crippen LogP contribution in [0.3, 0.4) is 0 Å². The molecule has 31 heavy (non-hydrogen) atoms. The predicted octanol–water partition coefficient (Wildman–Crippen LogP) is 5.81. The Morgan fingerprint density at radius 2 is 1.90 bits per heavy atom. The quantitative estimate of drug-likeness (QED) is 0.209. The molecule has 0 atom stereocenters. The van der Waals surface area contributed by atoms with Gasteiger partial charge in [0.25, 0.3) is 5.69 Å². The van der Waals surface area contributed by atoms with Crippen LogP contribution in [0.15, 0.2) is 60.0 Å². The molecular formula is C22H17ClN2O5S. The van der Waals surface area contributed by atoms with Gasteiger partial charge in [-0.1, -0.05) is 35.9 Å². The summed E-state index contributed by atoms with van der Waals surface area (Å²) in [5.74, 6) is -1.10. The third-order valence-electron chi connectivity index (χ3n) is 4.21. The van der Waals surface area contributed by atoms with Gasteiger partial charge in [-0.3, -0.25) is 14.9 Å². The van der Waals surface area contributed by atoms with Crippen LogP contribution in [0.1, 0.15) is 22.8 Å². The average Bonchev–Trinajstić information content (AvgIpc) is 3.16. The lowest BCUT2D eigenvalue weighted by atomic mass is 10.0. The van der Waals surface area contributed by atoms with Gasteiger partial charge in [-0.15, -0.1) is 11.3 Å². The highest BCUT2D eigenvalue weighted by molar-refractivity contribution is 7.15. The number of halogens is 1. The van der Waals surface area contributed by atoms with Crippen LogP contribution in [0.25, 0.3) is 17.2 Å². The Kier molecular flexibility index (Phi) is 7.17. The number of nitrogens with zero attached hydrogens (tertiary/aromatic N) is 1. The minimum Gasteiger partial charge on any atom is -0.462 e. The van der Waals surface area contributed by atoms with Crippen molar-refractivity contribution in [3.05, 3.63) is 86.3 Å². The first-order chi connectivity index (χ1) is 14.9. The fraction of sp³-hybridized carbons (Fsp3) is 0.0909. The molecule has 0 radical (unpaired) electrons. The van der Waals surface area contributed by atoms with Gasteiger partial charge in [-0.05, 0) is 36.8 Å². The van der Waals surface area contributed by atoms with Crippen molar-refractivity contribution < 1.29 is 19.2 Å². The molecule has 0 bridgehead atoms. The van der Waals surface area contributed by atoms with Crippen molar-refractivity contribution in [2.45, 2.75) is 6.92 Å². The molecule has 1 amide bonds. The maximum Gasteiger partial charge on any atom is 0.341 e. The number of nitro groups is 1. The van der Waals surface area contributed by atoms with Crippen LogP contribution in [-0.4, -0.2) is 23.4 Å². The molecule has 3 rings (SSSR count). The lowest BCUT2D eigenvalue weighted by Crippen LogP contribution is -2.12. The zero-order valence-corrected chi connectivity index (χ0v) is 17.9. The molecule has 9 heteroatoms. The van der Waals surface area contributed by atoms with Gasteiger partial charge in [0.2, 0.25) is 5.91 Å². The number of thiophene rings is 1. The maximum absolute atomic E-state index is 12.6. The van der Waals surface area contributed by atoms with Crippen molar-refractivity contribution in [2.24, 2.45) is 0 Å². The van der Waals surface area contributed by atoms with Crippen LogP contribution in [0.5, 0.6) is 0 Å². The molecule has 1 N–H and O–H groups in total. The van der Waals surface area contributed by atoms with E-state index in [1.165, 1.54) is 35.6 Å². The summed E-state index contributed by atoms with van der Waals surface area (Å²) in [6, 6.07) is 13.0. The molecule has 2 aromatic carbocycles. The number of amides is 1. The van der Waals surface area contributed by atoms with Gasteiger partial charge < -0.3 is 10.1 Å². The summed E-state index contributed by atoms with van der Waals surface area (Å²) in [6.45, 7) is 1.87. The second kappa shape index (κ2) is 10.0. The lowest BCUT2D eigenvalue weighted by Gasteiger charge is -2.08. The van der Waals surface area contributed by atoms with Gasteiger partial charge in [0.1, 0.15) is 10.6 Å². The topological polar surface area (TPSA) is 98.5 Å². The highest BCUT2D eigenvalue weighted by atomic mass is 35.5. The van der Waals surface area contributed by atoms with Gasteiger partial charge in [0, 0.05) is 28.1 Å². The summed E-state index contributed by atoms with van der Waals surface area (Å²) in [5.41, 5.74) is 1.78. The van der Waals surface area contributed by atoms with E-state index in [-0.39, 0.29) is 17.9 Å². The number of hydrogen-bond acceptors (Lipinski definition) is 6. The molecule has 0 spiro atoms. The zero-order valence-electron chi connectivity index (χ0n) is 16.3. The Labute approximate surface area is 187 Å². The van der Waals surface area contributed by atoms with Gasteiger partial charge in [-0.2, -0.15) is 0 Å². The van der Waals surface area contributed by atoms with E-state index in [0.29, 0.717) is 21.2 Å². The van der Waals surface area contributed by atoms with Gasteiger partial charge in [-0.25, -0.2) is 4.79 Å². The van der Waals surface area contributed by atoms with E-state index >= 15 is 0 Å². The summed E-state index contributed by atoms with van der Waals surface area (Å²) in [7, 11) is 0. The Balaban J connectivity index is 1.89. The van der Waals surface area contributed by atoms with Crippen molar-refractivity contribution in [3.63, 3.8) is 0 Å². The van der Waals surface area contributed by atoms with E-state index in [2.05, 4.69) is 5.32 Å². The van der Waals surface area contributed by atoms with Crippen LogP contribution in [-0.2, 0) is 9.53 Å².